The third kappa shape index (κ3) is 5.78. The lowest BCUT2D eigenvalue weighted by atomic mass is 10.2. The molecule has 18 heavy (non-hydrogen) atoms. The van der Waals surface area contributed by atoms with E-state index in [1.54, 1.807) is 6.20 Å². The van der Waals surface area contributed by atoms with Crippen LogP contribution in [0, 0.1) is 0 Å². The van der Waals surface area contributed by atoms with Crippen molar-refractivity contribution in [3.8, 4) is 0 Å². The fourth-order valence-corrected chi connectivity index (χ4v) is 1.84. The minimum atomic E-state index is 0.0711. The standard InChI is InChI=1S/C13H21ClN2O2/c1-11(2)16(5-7-18-8-6-17)10-12-3-4-15-13(14)9-12/h3-4,9,11,17H,5-8,10H2,1-2H3. The van der Waals surface area contributed by atoms with Gasteiger partial charge in [-0.2, -0.15) is 0 Å². The van der Waals surface area contributed by atoms with E-state index < -0.39 is 0 Å². The number of nitrogens with zero attached hydrogens (tertiary/aromatic N) is 2. The van der Waals surface area contributed by atoms with Crippen molar-refractivity contribution in [2.45, 2.75) is 26.4 Å². The average Bonchev–Trinajstić information content (AvgIpc) is 2.33. The van der Waals surface area contributed by atoms with Crippen molar-refractivity contribution in [2.75, 3.05) is 26.4 Å². The van der Waals surface area contributed by atoms with Crippen LogP contribution in [0.4, 0.5) is 0 Å². The van der Waals surface area contributed by atoms with Crippen LogP contribution in [-0.4, -0.2) is 47.4 Å². The van der Waals surface area contributed by atoms with Gasteiger partial charge in [0.2, 0.25) is 0 Å². The lowest BCUT2D eigenvalue weighted by Crippen LogP contribution is -2.33. The zero-order valence-corrected chi connectivity index (χ0v) is 11.7. The molecule has 1 aromatic heterocycles. The minimum absolute atomic E-state index is 0.0711. The third-order valence-corrected chi connectivity index (χ3v) is 2.87. The summed E-state index contributed by atoms with van der Waals surface area (Å²) in [6, 6.07) is 4.27. The normalized spacial score (nSPS) is 11.4. The van der Waals surface area contributed by atoms with Gasteiger partial charge in [0.25, 0.3) is 0 Å². The molecule has 0 aliphatic rings. The molecule has 0 saturated carbocycles. The highest BCUT2D eigenvalue weighted by Gasteiger charge is 2.10. The molecule has 4 nitrogen and oxygen atoms in total. The van der Waals surface area contributed by atoms with E-state index in [1.165, 1.54) is 0 Å². The fourth-order valence-electron chi connectivity index (χ4n) is 1.64. The van der Waals surface area contributed by atoms with Crippen LogP contribution in [0.25, 0.3) is 0 Å². The van der Waals surface area contributed by atoms with Gasteiger partial charge in [0.15, 0.2) is 0 Å². The molecule has 0 saturated heterocycles. The summed E-state index contributed by atoms with van der Waals surface area (Å²) < 4.78 is 5.29. The average molecular weight is 273 g/mol. The van der Waals surface area contributed by atoms with E-state index in [0.717, 1.165) is 18.7 Å². The summed E-state index contributed by atoms with van der Waals surface area (Å²) in [4.78, 5) is 6.27. The van der Waals surface area contributed by atoms with Crippen LogP contribution < -0.4 is 0 Å². The smallest absolute Gasteiger partial charge is 0.129 e. The summed E-state index contributed by atoms with van der Waals surface area (Å²) in [6.45, 7) is 7.04. The molecule has 0 radical (unpaired) electrons. The van der Waals surface area contributed by atoms with Crippen LogP contribution in [0.5, 0.6) is 0 Å². The molecule has 0 amide bonds. The zero-order valence-electron chi connectivity index (χ0n) is 11.0. The molecular weight excluding hydrogens is 252 g/mol. The molecular formula is C13H21ClN2O2. The molecule has 0 spiro atoms. The Morgan fingerprint density at radius 3 is 2.83 bits per heavy atom. The van der Waals surface area contributed by atoms with E-state index in [0.29, 0.717) is 24.4 Å². The van der Waals surface area contributed by atoms with Gasteiger partial charge < -0.3 is 9.84 Å². The highest BCUT2D eigenvalue weighted by Crippen LogP contribution is 2.11. The summed E-state index contributed by atoms with van der Waals surface area (Å²) in [5.74, 6) is 0. The van der Waals surface area contributed by atoms with Gasteiger partial charge in [0.1, 0.15) is 5.15 Å². The summed E-state index contributed by atoms with van der Waals surface area (Å²) in [7, 11) is 0. The Morgan fingerprint density at radius 1 is 1.44 bits per heavy atom. The van der Waals surface area contributed by atoms with Crippen molar-refractivity contribution in [3.05, 3.63) is 29.0 Å². The summed E-state index contributed by atoms with van der Waals surface area (Å²) in [5, 5.41) is 9.17. The number of pyridine rings is 1. The van der Waals surface area contributed by atoms with Gasteiger partial charge in [0, 0.05) is 25.3 Å². The van der Waals surface area contributed by atoms with E-state index in [-0.39, 0.29) is 6.61 Å². The molecule has 0 unspecified atom stereocenters. The third-order valence-electron chi connectivity index (χ3n) is 2.67. The van der Waals surface area contributed by atoms with Gasteiger partial charge in [-0.3, -0.25) is 4.90 Å². The predicted octanol–water partition coefficient (Wildman–Crippen LogP) is 1.95. The van der Waals surface area contributed by atoms with E-state index in [1.807, 2.05) is 12.1 Å². The first-order valence-corrected chi connectivity index (χ1v) is 6.54. The maximum absolute atomic E-state index is 8.65. The van der Waals surface area contributed by atoms with E-state index in [4.69, 9.17) is 21.4 Å². The quantitative estimate of drug-likeness (QED) is 0.580. The number of ether oxygens (including phenoxy) is 1. The maximum Gasteiger partial charge on any atom is 0.129 e. The molecule has 1 aromatic rings. The van der Waals surface area contributed by atoms with E-state index in [2.05, 4.69) is 23.7 Å². The minimum Gasteiger partial charge on any atom is -0.394 e. The Kier molecular flexibility index (Phi) is 7.20. The lowest BCUT2D eigenvalue weighted by molar-refractivity contribution is 0.0647. The number of aliphatic hydroxyl groups is 1. The Hall–Kier alpha value is -0.680. The molecule has 1 heterocycles. The molecule has 0 fully saturated rings. The largest absolute Gasteiger partial charge is 0.394 e. The molecule has 0 aliphatic carbocycles. The molecule has 1 rings (SSSR count). The molecule has 5 heteroatoms. The number of hydrogen-bond donors (Lipinski definition) is 1. The van der Waals surface area contributed by atoms with Crippen molar-refractivity contribution in [3.63, 3.8) is 0 Å². The first kappa shape index (κ1) is 15.4. The van der Waals surface area contributed by atoms with E-state index in [9.17, 15) is 0 Å². The van der Waals surface area contributed by atoms with Crippen molar-refractivity contribution >= 4 is 11.6 Å². The van der Waals surface area contributed by atoms with Gasteiger partial charge in [0.05, 0.1) is 19.8 Å². The van der Waals surface area contributed by atoms with Crippen LogP contribution in [0.3, 0.4) is 0 Å². The number of aliphatic hydroxyl groups excluding tert-OH is 1. The van der Waals surface area contributed by atoms with Gasteiger partial charge >= 0.3 is 0 Å². The van der Waals surface area contributed by atoms with Gasteiger partial charge in [-0.25, -0.2) is 4.98 Å². The first-order valence-electron chi connectivity index (χ1n) is 6.16. The molecule has 0 aliphatic heterocycles. The Balaban J connectivity index is 2.47. The lowest BCUT2D eigenvalue weighted by Gasteiger charge is -2.26. The van der Waals surface area contributed by atoms with Crippen molar-refractivity contribution in [1.82, 2.24) is 9.88 Å². The number of hydrogen-bond acceptors (Lipinski definition) is 4. The first-order chi connectivity index (χ1) is 8.63. The van der Waals surface area contributed by atoms with Crippen molar-refractivity contribution in [1.29, 1.82) is 0 Å². The van der Waals surface area contributed by atoms with Crippen molar-refractivity contribution < 1.29 is 9.84 Å². The second-order valence-electron chi connectivity index (χ2n) is 4.39. The Labute approximate surface area is 114 Å². The summed E-state index contributed by atoms with van der Waals surface area (Å²) >= 11 is 5.87. The summed E-state index contributed by atoms with van der Waals surface area (Å²) in [5.41, 5.74) is 1.14. The van der Waals surface area contributed by atoms with Gasteiger partial charge in [-0.05, 0) is 31.5 Å². The fraction of sp³-hybridized carbons (Fsp3) is 0.615. The number of aromatic nitrogens is 1. The van der Waals surface area contributed by atoms with Crippen LogP contribution in [0.2, 0.25) is 5.15 Å². The molecule has 1 N–H and O–H groups in total. The highest BCUT2D eigenvalue weighted by molar-refractivity contribution is 6.29. The van der Waals surface area contributed by atoms with Crippen LogP contribution in [-0.2, 0) is 11.3 Å². The number of halogens is 1. The Bertz CT molecular complexity index is 348. The molecule has 102 valence electrons. The van der Waals surface area contributed by atoms with E-state index >= 15 is 0 Å². The maximum atomic E-state index is 8.65. The molecule has 0 atom stereocenters. The Morgan fingerprint density at radius 2 is 2.22 bits per heavy atom. The SMILES string of the molecule is CC(C)N(CCOCCO)Cc1ccnc(Cl)c1. The van der Waals surface area contributed by atoms with Crippen molar-refractivity contribution in [2.24, 2.45) is 0 Å². The second kappa shape index (κ2) is 8.43. The molecule has 0 bridgehead atoms. The number of rotatable bonds is 8. The van der Waals surface area contributed by atoms with Crippen LogP contribution >= 0.6 is 11.6 Å². The zero-order chi connectivity index (χ0) is 13.4. The second-order valence-corrected chi connectivity index (χ2v) is 4.77. The summed E-state index contributed by atoms with van der Waals surface area (Å²) in [6.07, 6.45) is 1.72. The van der Waals surface area contributed by atoms with Crippen LogP contribution in [0.15, 0.2) is 18.3 Å². The monoisotopic (exact) mass is 272 g/mol. The predicted molar refractivity (Wildman–Crippen MR) is 72.7 cm³/mol. The topological polar surface area (TPSA) is 45.6 Å². The van der Waals surface area contributed by atoms with Gasteiger partial charge in [-0.1, -0.05) is 11.6 Å². The van der Waals surface area contributed by atoms with Crippen LogP contribution in [0.1, 0.15) is 19.4 Å². The van der Waals surface area contributed by atoms with Gasteiger partial charge in [-0.15, -0.1) is 0 Å². The highest BCUT2D eigenvalue weighted by atomic mass is 35.5. The molecule has 0 aromatic carbocycles.